The number of likely N-dealkylation sites (tertiary alicyclic amines) is 1. The van der Waals surface area contributed by atoms with Gasteiger partial charge in [-0.3, -0.25) is 9.69 Å². The molecular formula is C20H23F3N2O. The van der Waals surface area contributed by atoms with Gasteiger partial charge in [0.2, 0.25) is 0 Å². The highest BCUT2D eigenvalue weighted by Gasteiger charge is 2.33. The minimum absolute atomic E-state index is 0.0571. The largest absolute Gasteiger partial charge is 0.416 e. The molecule has 0 amide bonds. The number of hydrogen-bond acceptors (Lipinski definition) is 2. The Balaban J connectivity index is 1.51. The molecule has 26 heavy (non-hydrogen) atoms. The summed E-state index contributed by atoms with van der Waals surface area (Å²) < 4.78 is 39.2. The summed E-state index contributed by atoms with van der Waals surface area (Å²) in [6, 6.07) is 9.51. The van der Waals surface area contributed by atoms with Gasteiger partial charge in [0.05, 0.1) is 5.56 Å². The summed E-state index contributed by atoms with van der Waals surface area (Å²) in [7, 11) is 0. The highest BCUT2D eigenvalue weighted by atomic mass is 19.4. The molecule has 1 aliphatic heterocycles. The first-order chi connectivity index (χ1) is 12.4. The van der Waals surface area contributed by atoms with Gasteiger partial charge in [-0.05, 0) is 62.4 Å². The maximum Gasteiger partial charge on any atom is 0.416 e. The molecule has 0 bridgehead atoms. The molecule has 6 heteroatoms. The van der Waals surface area contributed by atoms with E-state index in [-0.39, 0.29) is 5.56 Å². The van der Waals surface area contributed by atoms with Crippen LogP contribution in [0.5, 0.6) is 0 Å². The summed E-state index contributed by atoms with van der Waals surface area (Å²) in [5.41, 5.74) is 0.572. The van der Waals surface area contributed by atoms with Crippen molar-refractivity contribution in [3.05, 3.63) is 69.6 Å². The van der Waals surface area contributed by atoms with Crippen LogP contribution in [0.25, 0.3) is 0 Å². The molecule has 1 aromatic carbocycles. The quantitative estimate of drug-likeness (QED) is 0.862. The lowest BCUT2D eigenvalue weighted by atomic mass is 9.89. The van der Waals surface area contributed by atoms with Crippen LogP contribution in [-0.4, -0.2) is 23.0 Å². The van der Waals surface area contributed by atoms with E-state index in [0.717, 1.165) is 44.0 Å². The van der Waals surface area contributed by atoms with E-state index in [1.807, 2.05) is 12.1 Å². The Morgan fingerprint density at radius 2 is 1.73 bits per heavy atom. The van der Waals surface area contributed by atoms with Crippen LogP contribution in [0.4, 0.5) is 13.2 Å². The Morgan fingerprint density at radius 1 is 1.04 bits per heavy atom. The summed E-state index contributed by atoms with van der Waals surface area (Å²) in [4.78, 5) is 16.7. The molecular weight excluding hydrogens is 341 g/mol. The van der Waals surface area contributed by atoms with Gasteiger partial charge in [-0.25, -0.2) is 0 Å². The Hall–Kier alpha value is -2.08. The number of rotatable bonds is 5. The van der Waals surface area contributed by atoms with Gasteiger partial charge in [-0.2, -0.15) is 13.2 Å². The van der Waals surface area contributed by atoms with Crippen LogP contribution < -0.4 is 5.56 Å². The smallest absolute Gasteiger partial charge is 0.329 e. The van der Waals surface area contributed by atoms with E-state index >= 15 is 0 Å². The predicted octanol–water partition coefficient (Wildman–Crippen LogP) is 4.24. The first-order valence-corrected chi connectivity index (χ1v) is 8.97. The first-order valence-electron chi connectivity index (χ1n) is 8.97. The normalized spacial score (nSPS) is 16.7. The number of halogens is 3. The Labute approximate surface area is 150 Å². The first kappa shape index (κ1) is 18.7. The number of pyridine rings is 1. The molecule has 140 valence electrons. The van der Waals surface area contributed by atoms with E-state index in [2.05, 4.69) is 9.88 Å². The Kier molecular flexibility index (Phi) is 5.81. The van der Waals surface area contributed by atoms with Gasteiger partial charge in [-0.15, -0.1) is 0 Å². The van der Waals surface area contributed by atoms with E-state index in [4.69, 9.17) is 0 Å². The summed E-state index contributed by atoms with van der Waals surface area (Å²) in [6.45, 7) is 2.37. The average molecular weight is 364 g/mol. The van der Waals surface area contributed by atoms with Crippen molar-refractivity contribution in [3.63, 3.8) is 0 Å². The lowest BCUT2D eigenvalue weighted by Gasteiger charge is -2.32. The molecule has 1 aromatic heterocycles. The lowest BCUT2D eigenvalue weighted by molar-refractivity contribution is -0.138. The number of aromatic amines is 1. The fraction of sp³-hybridized carbons (Fsp3) is 0.450. The van der Waals surface area contributed by atoms with Crippen molar-refractivity contribution in [2.45, 2.75) is 38.4 Å². The molecule has 2 aromatic rings. The summed E-state index contributed by atoms with van der Waals surface area (Å²) >= 11 is 0. The van der Waals surface area contributed by atoms with E-state index in [1.54, 1.807) is 18.3 Å². The highest BCUT2D eigenvalue weighted by molar-refractivity contribution is 5.29. The molecule has 3 nitrogen and oxygen atoms in total. The second kappa shape index (κ2) is 8.08. The van der Waals surface area contributed by atoms with Crippen molar-refractivity contribution in [2.24, 2.45) is 5.92 Å². The standard InChI is InChI=1S/C20H23F3N2O/c21-20(22,23)18-6-2-1-4-16(18)8-7-15-9-12-25(13-10-15)14-17-5-3-11-24-19(17)26/h1-6,11,15H,7-10,12-14H2,(H,24,26). The van der Waals surface area contributed by atoms with Crippen molar-refractivity contribution in [1.82, 2.24) is 9.88 Å². The fourth-order valence-electron chi connectivity index (χ4n) is 3.63. The van der Waals surface area contributed by atoms with Gasteiger partial charge in [0, 0.05) is 18.3 Å². The predicted molar refractivity (Wildman–Crippen MR) is 94.8 cm³/mol. The number of nitrogens with one attached hydrogen (secondary N) is 1. The number of benzene rings is 1. The third kappa shape index (κ3) is 4.75. The van der Waals surface area contributed by atoms with Crippen LogP contribution in [0.2, 0.25) is 0 Å². The van der Waals surface area contributed by atoms with Gasteiger partial charge in [0.1, 0.15) is 0 Å². The van der Waals surface area contributed by atoms with Crippen LogP contribution in [-0.2, 0) is 19.1 Å². The van der Waals surface area contributed by atoms with Crippen molar-refractivity contribution in [2.75, 3.05) is 13.1 Å². The van der Waals surface area contributed by atoms with E-state index in [0.29, 0.717) is 24.4 Å². The number of hydrogen-bond donors (Lipinski definition) is 1. The van der Waals surface area contributed by atoms with Crippen LogP contribution in [0.15, 0.2) is 47.4 Å². The molecule has 0 spiro atoms. The molecule has 1 fully saturated rings. The minimum atomic E-state index is -4.29. The third-order valence-electron chi connectivity index (χ3n) is 5.15. The molecule has 0 saturated carbocycles. The molecule has 1 N–H and O–H groups in total. The molecule has 3 rings (SSSR count). The summed E-state index contributed by atoms with van der Waals surface area (Å²) in [6.07, 6.45) is 0.475. The number of alkyl halides is 3. The zero-order chi connectivity index (χ0) is 18.6. The Morgan fingerprint density at radius 3 is 2.42 bits per heavy atom. The maximum atomic E-state index is 13.1. The average Bonchev–Trinajstić information content (AvgIpc) is 2.62. The molecule has 2 heterocycles. The second-order valence-electron chi connectivity index (χ2n) is 6.94. The molecule has 0 radical (unpaired) electrons. The van der Waals surface area contributed by atoms with Gasteiger partial charge >= 0.3 is 6.18 Å². The number of H-pyrrole nitrogens is 1. The number of aromatic nitrogens is 1. The molecule has 1 saturated heterocycles. The monoisotopic (exact) mass is 364 g/mol. The van der Waals surface area contributed by atoms with Crippen molar-refractivity contribution in [1.29, 1.82) is 0 Å². The molecule has 0 atom stereocenters. The van der Waals surface area contributed by atoms with Crippen molar-refractivity contribution in [3.8, 4) is 0 Å². The van der Waals surface area contributed by atoms with Crippen LogP contribution in [0, 0.1) is 5.92 Å². The van der Waals surface area contributed by atoms with Crippen molar-refractivity contribution < 1.29 is 13.2 Å². The second-order valence-corrected chi connectivity index (χ2v) is 6.94. The van der Waals surface area contributed by atoms with Gasteiger partial charge < -0.3 is 4.98 Å². The topological polar surface area (TPSA) is 36.1 Å². The highest BCUT2D eigenvalue weighted by Crippen LogP contribution is 2.33. The van der Waals surface area contributed by atoms with Crippen molar-refractivity contribution >= 4 is 0 Å². The molecule has 0 unspecified atom stereocenters. The SMILES string of the molecule is O=c1[nH]cccc1CN1CCC(CCc2ccccc2C(F)(F)F)CC1. The zero-order valence-corrected chi connectivity index (χ0v) is 14.6. The van der Waals surface area contributed by atoms with Crippen LogP contribution >= 0.6 is 0 Å². The fourth-order valence-corrected chi connectivity index (χ4v) is 3.63. The van der Waals surface area contributed by atoms with E-state index < -0.39 is 11.7 Å². The maximum absolute atomic E-state index is 13.1. The zero-order valence-electron chi connectivity index (χ0n) is 14.6. The minimum Gasteiger partial charge on any atom is -0.329 e. The number of piperidine rings is 1. The van der Waals surface area contributed by atoms with Gasteiger partial charge in [0.25, 0.3) is 5.56 Å². The van der Waals surface area contributed by atoms with Crippen LogP contribution in [0.1, 0.15) is 36.0 Å². The number of nitrogens with zero attached hydrogens (tertiary/aromatic N) is 1. The molecule has 1 aliphatic rings. The van der Waals surface area contributed by atoms with E-state index in [9.17, 15) is 18.0 Å². The lowest BCUT2D eigenvalue weighted by Crippen LogP contribution is -2.35. The molecule has 0 aliphatic carbocycles. The van der Waals surface area contributed by atoms with Gasteiger partial charge in [-0.1, -0.05) is 24.3 Å². The van der Waals surface area contributed by atoms with Gasteiger partial charge in [0.15, 0.2) is 0 Å². The Bertz CT molecular complexity index is 777. The number of aryl methyl sites for hydroxylation is 1. The van der Waals surface area contributed by atoms with Crippen LogP contribution in [0.3, 0.4) is 0 Å². The summed E-state index contributed by atoms with van der Waals surface area (Å²) in [5, 5.41) is 0. The third-order valence-corrected chi connectivity index (χ3v) is 5.15. The van der Waals surface area contributed by atoms with E-state index in [1.165, 1.54) is 6.07 Å². The summed E-state index contributed by atoms with van der Waals surface area (Å²) in [5.74, 6) is 0.432.